The molecule has 0 saturated heterocycles. The molecule has 0 fully saturated rings. The number of hydrogen-bond donors (Lipinski definition) is 2. The van der Waals surface area contributed by atoms with E-state index in [0.717, 1.165) is 22.7 Å². The van der Waals surface area contributed by atoms with E-state index in [2.05, 4.69) is 10.9 Å². The van der Waals surface area contributed by atoms with Crippen molar-refractivity contribution in [2.45, 2.75) is 31.1 Å². The zero-order valence-corrected chi connectivity index (χ0v) is 15.2. The van der Waals surface area contributed by atoms with Crippen LogP contribution >= 0.6 is 0 Å². The number of aryl methyl sites for hydroxylation is 1. The Morgan fingerprint density at radius 1 is 1.16 bits per heavy atom. The molecule has 0 saturated carbocycles. The Morgan fingerprint density at radius 2 is 1.84 bits per heavy atom. The lowest BCUT2D eigenvalue weighted by Crippen LogP contribution is -2.48. The van der Waals surface area contributed by atoms with E-state index in [1.54, 1.807) is 12.1 Å². The molecule has 0 heterocycles. The van der Waals surface area contributed by atoms with Crippen LogP contribution in [0, 0.1) is 12.8 Å². The zero-order chi connectivity index (χ0) is 18.4. The van der Waals surface area contributed by atoms with Gasteiger partial charge in [-0.15, -0.1) is 0 Å². The topological polar surface area (TPSA) is 95.6 Å². The van der Waals surface area contributed by atoms with Gasteiger partial charge in [0, 0.05) is 13.0 Å². The highest BCUT2D eigenvalue weighted by molar-refractivity contribution is 7.89. The van der Waals surface area contributed by atoms with Gasteiger partial charge in [-0.25, -0.2) is 8.42 Å². The minimum absolute atomic E-state index is 0.117. The lowest BCUT2D eigenvalue weighted by Gasteiger charge is -2.19. The molecule has 1 aliphatic rings. The van der Waals surface area contributed by atoms with Crippen molar-refractivity contribution in [3.8, 4) is 0 Å². The number of allylic oxidation sites excluding steroid dienone is 2. The van der Waals surface area contributed by atoms with Gasteiger partial charge in [0.25, 0.3) is 5.91 Å². The third-order valence-corrected chi connectivity index (χ3v) is 5.88. The largest absolute Gasteiger partial charge is 0.273 e. The summed E-state index contributed by atoms with van der Waals surface area (Å²) in [4.78, 5) is 24.0. The van der Waals surface area contributed by atoms with E-state index in [-0.39, 0.29) is 23.3 Å². The fraction of sp³-hybridized carbons (Fsp3) is 0.412. The molecule has 2 N–H and O–H groups in total. The summed E-state index contributed by atoms with van der Waals surface area (Å²) in [5.74, 6) is -1.03. The molecular formula is C17H23N3O4S. The lowest BCUT2D eigenvalue weighted by atomic mass is 9.94. The molecule has 136 valence electrons. The van der Waals surface area contributed by atoms with Crippen molar-refractivity contribution in [2.75, 3.05) is 13.6 Å². The van der Waals surface area contributed by atoms with Crippen molar-refractivity contribution in [3.63, 3.8) is 0 Å². The number of rotatable bonds is 5. The first-order chi connectivity index (χ1) is 11.8. The van der Waals surface area contributed by atoms with Crippen LogP contribution in [0.1, 0.15) is 24.8 Å². The molecule has 2 rings (SSSR count). The molecule has 0 radical (unpaired) electrons. The summed E-state index contributed by atoms with van der Waals surface area (Å²) in [7, 11) is -2.44. The summed E-state index contributed by atoms with van der Waals surface area (Å²) in [6, 6.07) is 6.38. The molecule has 0 aromatic heterocycles. The molecule has 8 heteroatoms. The average Bonchev–Trinajstić information content (AvgIpc) is 2.60. The maximum atomic E-state index is 12.4. The van der Waals surface area contributed by atoms with Crippen LogP contribution in [0.25, 0.3) is 0 Å². The Hall–Kier alpha value is -2.19. The minimum atomic E-state index is -3.76. The van der Waals surface area contributed by atoms with Crippen LogP contribution in [0.15, 0.2) is 41.3 Å². The van der Waals surface area contributed by atoms with Gasteiger partial charge in [-0.1, -0.05) is 29.8 Å². The summed E-state index contributed by atoms with van der Waals surface area (Å²) < 4.78 is 25.8. The van der Waals surface area contributed by atoms with E-state index in [9.17, 15) is 18.0 Å². The summed E-state index contributed by atoms with van der Waals surface area (Å²) in [5.41, 5.74) is 5.58. The van der Waals surface area contributed by atoms with Crippen LogP contribution in [0.4, 0.5) is 0 Å². The SMILES string of the molecule is Cc1ccc(S(=O)(=O)N(C)CC(=O)NNC(=O)C2CC=CCC2)cc1. The molecule has 1 aliphatic carbocycles. The van der Waals surface area contributed by atoms with Gasteiger partial charge in [0.05, 0.1) is 11.4 Å². The highest BCUT2D eigenvalue weighted by atomic mass is 32.2. The van der Waals surface area contributed by atoms with E-state index in [4.69, 9.17) is 0 Å². The van der Waals surface area contributed by atoms with Gasteiger partial charge in [-0.05, 0) is 38.3 Å². The fourth-order valence-corrected chi connectivity index (χ4v) is 3.61. The second-order valence-corrected chi connectivity index (χ2v) is 8.14. The number of carbonyl (C=O) groups is 2. The summed E-state index contributed by atoms with van der Waals surface area (Å²) in [6.45, 7) is 1.47. The number of hydrazine groups is 1. The molecule has 1 atom stereocenters. The minimum Gasteiger partial charge on any atom is -0.273 e. The Bertz CT molecular complexity index is 757. The maximum absolute atomic E-state index is 12.4. The first-order valence-electron chi connectivity index (χ1n) is 8.07. The van der Waals surface area contributed by atoms with Gasteiger partial charge >= 0.3 is 0 Å². The van der Waals surface area contributed by atoms with Crippen LogP contribution in [0.3, 0.4) is 0 Å². The lowest BCUT2D eigenvalue weighted by molar-refractivity contribution is -0.131. The van der Waals surface area contributed by atoms with Gasteiger partial charge in [-0.3, -0.25) is 20.4 Å². The van der Waals surface area contributed by atoms with E-state index in [0.29, 0.717) is 6.42 Å². The quantitative estimate of drug-likeness (QED) is 0.604. The summed E-state index contributed by atoms with van der Waals surface area (Å²) >= 11 is 0. The van der Waals surface area contributed by atoms with Crippen molar-refractivity contribution in [3.05, 3.63) is 42.0 Å². The Balaban J connectivity index is 1.87. The van der Waals surface area contributed by atoms with Crippen molar-refractivity contribution in [1.82, 2.24) is 15.2 Å². The van der Waals surface area contributed by atoms with E-state index >= 15 is 0 Å². The molecule has 0 spiro atoms. The first-order valence-corrected chi connectivity index (χ1v) is 9.51. The van der Waals surface area contributed by atoms with Crippen molar-refractivity contribution in [1.29, 1.82) is 0 Å². The van der Waals surface area contributed by atoms with Gasteiger partial charge in [-0.2, -0.15) is 4.31 Å². The smallest absolute Gasteiger partial charge is 0.253 e. The number of nitrogens with one attached hydrogen (secondary N) is 2. The van der Waals surface area contributed by atoms with Crippen LogP contribution in [-0.2, 0) is 19.6 Å². The van der Waals surface area contributed by atoms with Crippen LogP contribution in [0.2, 0.25) is 0 Å². The van der Waals surface area contributed by atoms with Crippen LogP contribution < -0.4 is 10.9 Å². The van der Waals surface area contributed by atoms with Crippen molar-refractivity contribution >= 4 is 21.8 Å². The molecule has 0 bridgehead atoms. The Kier molecular flexibility index (Phi) is 6.33. The van der Waals surface area contributed by atoms with Crippen LogP contribution in [-0.4, -0.2) is 38.1 Å². The van der Waals surface area contributed by atoms with Gasteiger partial charge in [0.1, 0.15) is 0 Å². The highest BCUT2D eigenvalue weighted by Crippen LogP contribution is 2.17. The molecule has 0 aliphatic heterocycles. The predicted octanol–water partition coefficient (Wildman–Crippen LogP) is 1.12. The average molecular weight is 365 g/mol. The fourth-order valence-electron chi connectivity index (χ4n) is 2.48. The number of benzene rings is 1. The third-order valence-electron chi connectivity index (χ3n) is 4.06. The van der Waals surface area contributed by atoms with Gasteiger partial charge in [0.2, 0.25) is 15.9 Å². The van der Waals surface area contributed by atoms with Crippen molar-refractivity contribution < 1.29 is 18.0 Å². The Labute approximate surface area is 148 Å². The number of likely N-dealkylation sites (N-methyl/N-ethyl adjacent to an activating group) is 1. The monoisotopic (exact) mass is 365 g/mol. The standard InChI is InChI=1S/C17H23N3O4S/c1-13-8-10-15(11-9-13)25(23,24)20(2)12-16(21)18-19-17(22)14-6-4-3-5-7-14/h3-4,8-11,14H,5-7,12H2,1-2H3,(H,18,21)(H,19,22). The van der Waals surface area contributed by atoms with Gasteiger partial charge < -0.3 is 0 Å². The highest BCUT2D eigenvalue weighted by Gasteiger charge is 2.24. The normalized spacial score (nSPS) is 17.3. The van der Waals surface area contributed by atoms with Gasteiger partial charge in [0.15, 0.2) is 0 Å². The predicted molar refractivity (Wildman–Crippen MR) is 93.8 cm³/mol. The molecule has 1 aromatic rings. The number of amides is 2. The maximum Gasteiger partial charge on any atom is 0.253 e. The second-order valence-electron chi connectivity index (χ2n) is 6.09. The number of sulfonamides is 1. The molecular weight excluding hydrogens is 342 g/mol. The molecule has 2 amide bonds. The third kappa shape index (κ3) is 5.14. The second kappa shape index (κ2) is 8.26. The van der Waals surface area contributed by atoms with E-state index in [1.807, 2.05) is 19.1 Å². The van der Waals surface area contributed by atoms with E-state index in [1.165, 1.54) is 19.2 Å². The van der Waals surface area contributed by atoms with E-state index < -0.39 is 15.9 Å². The number of nitrogens with zero attached hydrogens (tertiary/aromatic N) is 1. The Morgan fingerprint density at radius 3 is 2.44 bits per heavy atom. The number of hydrogen-bond acceptors (Lipinski definition) is 4. The molecule has 25 heavy (non-hydrogen) atoms. The summed E-state index contributed by atoms with van der Waals surface area (Å²) in [6.07, 6.45) is 6.18. The van der Waals surface area contributed by atoms with Crippen LogP contribution in [0.5, 0.6) is 0 Å². The zero-order valence-electron chi connectivity index (χ0n) is 14.4. The molecule has 7 nitrogen and oxygen atoms in total. The molecule has 1 unspecified atom stereocenters. The first kappa shape index (κ1) is 19.1. The summed E-state index contributed by atoms with van der Waals surface area (Å²) in [5, 5.41) is 0. The number of carbonyl (C=O) groups excluding carboxylic acids is 2. The van der Waals surface area contributed by atoms with Crippen molar-refractivity contribution in [2.24, 2.45) is 5.92 Å². The molecule has 1 aromatic carbocycles.